The Labute approximate surface area is 210 Å². The number of primary amides is 1. The number of hydrogen-bond acceptors (Lipinski definition) is 9. The van der Waals surface area contributed by atoms with Crippen molar-refractivity contribution in [3.63, 3.8) is 0 Å². The Bertz CT molecular complexity index is 1230. The number of hydrogen-bond donors (Lipinski definition) is 3. The quantitative estimate of drug-likeness (QED) is 0.481. The molecule has 4 rings (SSSR count). The predicted octanol–water partition coefficient (Wildman–Crippen LogP) is 2.16. The van der Waals surface area contributed by atoms with Gasteiger partial charge in [-0.15, -0.1) is 0 Å². The summed E-state index contributed by atoms with van der Waals surface area (Å²) in [6.45, 7) is 3.36. The van der Waals surface area contributed by atoms with E-state index in [0.29, 0.717) is 25.7 Å². The first kappa shape index (κ1) is 26.5. The Morgan fingerprint density at radius 3 is 2.49 bits per heavy atom. The van der Waals surface area contributed by atoms with E-state index in [1.807, 2.05) is 0 Å². The SMILES string of the molecule is CC1(C)CC(=O)c2c(C(F)(F)F)nn(-c3cnc(C(N)=O)c(NC4CCC(OC(=O)CN)CC4)n3)c2C1. The summed E-state index contributed by atoms with van der Waals surface area (Å²) in [6.07, 6.45) is -1.70. The number of ether oxygens (including phenoxy) is 1. The number of amides is 1. The molecule has 2 aromatic rings. The number of nitrogens with one attached hydrogen (secondary N) is 1. The van der Waals surface area contributed by atoms with Crippen LogP contribution in [0.2, 0.25) is 0 Å². The lowest BCUT2D eigenvalue weighted by atomic mass is 9.75. The highest BCUT2D eigenvalue weighted by atomic mass is 19.4. The highest BCUT2D eigenvalue weighted by Gasteiger charge is 2.45. The van der Waals surface area contributed by atoms with E-state index in [-0.39, 0.29) is 54.6 Å². The van der Waals surface area contributed by atoms with Crippen molar-refractivity contribution < 1.29 is 32.3 Å². The van der Waals surface area contributed by atoms with E-state index in [9.17, 15) is 27.6 Å². The molecule has 1 saturated carbocycles. The number of Topliss-reactive ketones (excluding diaryl/α,β-unsaturated/α-hetero) is 1. The van der Waals surface area contributed by atoms with Crippen LogP contribution in [0.1, 0.15) is 78.2 Å². The van der Waals surface area contributed by atoms with Crippen molar-refractivity contribution in [1.82, 2.24) is 19.7 Å². The zero-order chi connectivity index (χ0) is 27.1. The third kappa shape index (κ3) is 5.58. The predicted molar refractivity (Wildman–Crippen MR) is 124 cm³/mol. The highest BCUT2D eigenvalue weighted by molar-refractivity contribution is 6.00. The molecule has 1 amide bonds. The summed E-state index contributed by atoms with van der Waals surface area (Å²) < 4.78 is 47.6. The molecule has 0 spiro atoms. The summed E-state index contributed by atoms with van der Waals surface area (Å²) in [7, 11) is 0. The summed E-state index contributed by atoms with van der Waals surface area (Å²) in [4.78, 5) is 44.6. The Balaban J connectivity index is 1.68. The van der Waals surface area contributed by atoms with Gasteiger partial charge in [0.25, 0.3) is 5.91 Å². The first-order valence-electron chi connectivity index (χ1n) is 11.8. The fourth-order valence-corrected chi connectivity index (χ4v) is 4.85. The van der Waals surface area contributed by atoms with Crippen LogP contribution in [0, 0.1) is 5.41 Å². The number of halogens is 3. The Hall–Kier alpha value is -3.55. The molecular weight excluding hydrogens is 495 g/mol. The number of ketones is 1. The zero-order valence-corrected chi connectivity index (χ0v) is 20.4. The maximum absolute atomic E-state index is 13.8. The maximum Gasteiger partial charge on any atom is 0.435 e. The first-order chi connectivity index (χ1) is 17.3. The summed E-state index contributed by atoms with van der Waals surface area (Å²) >= 11 is 0. The van der Waals surface area contributed by atoms with E-state index in [2.05, 4.69) is 20.4 Å². The smallest absolute Gasteiger partial charge is 0.435 e. The first-order valence-corrected chi connectivity index (χ1v) is 11.8. The number of carbonyl (C=O) groups is 3. The fraction of sp³-hybridized carbons (Fsp3) is 0.565. The normalized spacial score (nSPS) is 21.3. The fourth-order valence-electron chi connectivity index (χ4n) is 4.85. The number of carbonyl (C=O) groups excluding carboxylic acids is 3. The van der Waals surface area contributed by atoms with Gasteiger partial charge in [0.05, 0.1) is 24.0 Å². The van der Waals surface area contributed by atoms with Crippen molar-refractivity contribution >= 4 is 23.5 Å². The second-order valence-electron chi connectivity index (χ2n) is 10.1. The monoisotopic (exact) mass is 523 g/mol. The van der Waals surface area contributed by atoms with Crippen molar-refractivity contribution in [1.29, 1.82) is 0 Å². The van der Waals surface area contributed by atoms with Gasteiger partial charge in [-0.2, -0.15) is 18.3 Å². The molecule has 11 nitrogen and oxygen atoms in total. The summed E-state index contributed by atoms with van der Waals surface area (Å²) in [5.74, 6) is -2.10. The standard InChI is InChI=1S/C23H28F3N7O4/c1-22(2)7-13-17(14(34)8-22)19(23(24,25)26)32-33(13)15-10-29-18(20(28)36)21(31-15)30-11-3-5-12(6-4-11)37-16(35)9-27/h10-12H,3-9,27H2,1-2H3,(H2,28,36)(H,30,31). The molecule has 200 valence electrons. The van der Waals surface area contributed by atoms with Crippen LogP contribution in [-0.4, -0.2) is 56.1 Å². The molecule has 0 unspecified atom stereocenters. The molecule has 2 aliphatic carbocycles. The molecule has 0 bridgehead atoms. The number of esters is 1. The van der Waals surface area contributed by atoms with Crippen LogP contribution in [0.4, 0.5) is 19.0 Å². The van der Waals surface area contributed by atoms with Gasteiger partial charge >= 0.3 is 12.1 Å². The average molecular weight is 524 g/mol. The molecule has 0 atom stereocenters. The van der Waals surface area contributed by atoms with Crippen LogP contribution in [0.3, 0.4) is 0 Å². The molecule has 37 heavy (non-hydrogen) atoms. The van der Waals surface area contributed by atoms with Crippen LogP contribution in [0.15, 0.2) is 6.20 Å². The van der Waals surface area contributed by atoms with Crippen molar-refractivity contribution in [2.75, 3.05) is 11.9 Å². The van der Waals surface area contributed by atoms with Gasteiger partial charge in [0.1, 0.15) is 6.10 Å². The van der Waals surface area contributed by atoms with Gasteiger partial charge in [-0.25, -0.2) is 14.6 Å². The van der Waals surface area contributed by atoms with Crippen LogP contribution in [0.5, 0.6) is 0 Å². The second kappa shape index (κ2) is 9.72. The number of rotatable bonds is 6. The molecule has 2 heterocycles. The maximum atomic E-state index is 13.8. The minimum Gasteiger partial charge on any atom is -0.461 e. The van der Waals surface area contributed by atoms with E-state index >= 15 is 0 Å². The second-order valence-corrected chi connectivity index (χ2v) is 10.1. The van der Waals surface area contributed by atoms with Crippen molar-refractivity contribution in [2.24, 2.45) is 16.9 Å². The summed E-state index contributed by atoms with van der Waals surface area (Å²) in [5, 5.41) is 6.82. The number of fused-ring (bicyclic) bond motifs is 1. The zero-order valence-electron chi connectivity index (χ0n) is 20.4. The largest absolute Gasteiger partial charge is 0.461 e. The van der Waals surface area contributed by atoms with Gasteiger partial charge in [0.15, 0.2) is 28.8 Å². The molecule has 14 heteroatoms. The summed E-state index contributed by atoms with van der Waals surface area (Å²) in [6, 6.07) is -0.187. The number of nitrogens with zero attached hydrogens (tertiary/aromatic N) is 4. The van der Waals surface area contributed by atoms with Gasteiger partial charge in [0.2, 0.25) is 0 Å². The van der Waals surface area contributed by atoms with E-state index in [0.717, 1.165) is 10.9 Å². The third-order valence-corrected chi connectivity index (χ3v) is 6.50. The Morgan fingerprint density at radius 2 is 1.89 bits per heavy atom. The van der Waals surface area contributed by atoms with E-state index in [1.165, 1.54) is 0 Å². The van der Waals surface area contributed by atoms with Crippen molar-refractivity contribution in [2.45, 2.75) is 70.7 Å². The lowest BCUT2D eigenvalue weighted by molar-refractivity contribution is -0.148. The van der Waals surface area contributed by atoms with Gasteiger partial charge in [-0.05, 0) is 37.5 Å². The minimum atomic E-state index is -4.85. The summed E-state index contributed by atoms with van der Waals surface area (Å²) in [5.41, 5.74) is 8.32. The average Bonchev–Trinajstić information content (AvgIpc) is 3.19. The minimum absolute atomic E-state index is 0.00777. The van der Waals surface area contributed by atoms with Crippen LogP contribution >= 0.6 is 0 Å². The number of nitrogens with two attached hydrogens (primary N) is 2. The molecule has 0 saturated heterocycles. The molecule has 5 N–H and O–H groups in total. The van der Waals surface area contributed by atoms with Crippen molar-refractivity contribution in [3.05, 3.63) is 28.8 Å². The van der Waals surface area contributed by atoms with Crippen LogP contribution in [0.25, 0.3) is 5.82 Å². The van der Waals surface area contributed by atoms with E-state index < -0.39 is 40.5 Å². The number of anilines is 1. The Kier molecular flexibility index (Phi) is 6.97. The van der Waals surface area contributed by atoms with Gasteiger partial charge in [-0.1, -0.05) is 13.8 Å². The molecule has 2 aromatic heterocycles. The van der Waals surface area contributed by atoms with E-state index in [4.69, 9.17) is 16.2 Å². The molecule has 2 aliphatic rings. The van der Waals surface area contributed by atoms with Crippen LogP contribution in [-0.2, 0) is 22.1 Å². The lowest BCUT2D eigenvalue weighted by Crippen LogP contribution is -2.33. The third-order valence-electron chi connectivity index (χ3n) is 6.50. The molecule has 1 fully saturated rings. The van der Waals surface area contributed by atoms with E-state index in [1.54, 1.807) is 13.8 Å². The van der Waals surface area contributed by atoms with Gasteiger partial charge in [0, 0.05) is 12.5 Å². The lowest BCUT2D eigenvalue weighted by Gasteiger charge is -2.30. The van der Waals surface area contributed by atoms with Crippen molar-refractivity contribution in [3.8, 4) is 5.82 Å². The number of alkyl halides is 3. The molecule has 0 aromatic carbocycles. The molecule has 0 aliphatic heterocycles. The van der Waals surface area contributed by atoms with Crippen LogP contribution < -0.4 is 16.8 Å². The highest BCUT2D eigenvalue weighted by Crippen LogP contribution is 2.41. The Morgan fingerprint density at radius 1 is 1.22 bits per heavy atom. The topological polar surface area (TPSA) is 168 Å². The molecule has 0 radical (unpaired) electrons. The van der Waals surface area contributed by atoms with Gasteiger partial charge in [-0.3, -0.25) is 14.4 Å². The van der Waals surface area contributed by atoms with Gasteiger partial charge < -0.3 is 21.5 Å². The molecular formula is C23H28F3N7O4. The number of aromatic nitrogens is 4.